The average Bonchev–Trinajstić information content (AvgIpc) is 3.18. The van der Waals surface area contributed by atoms with Crippen molar-refractivity contribution >= 4 is 11.6 Å². The van der Waals surface area contributed by atoms with E-state index < -0.39 is 0 Å². The van der Waals surface area contributed by atoms with Crippen molar-refractivity contribution < 1.29 is 13.6 Å². The van der Waals surface area contributed by atoms with Crippen molar-refractivity contribution in [3.8, 4) is 0 Å². The predicted octanol–water partition coefficient (Wildman–Crippen LogP) is 2.59. The number of hydrogen-bond acceptors (Lipinski definition) is 4. The number of aromatic nitrogens is 1. The standard InChI is InChI=1S/C21H20FN3O3/c22-17-5-1-2-6-18(17)23-11-13-24(14-12-23)21(27)19-9-8-16(28-19)15-25-10-4-3-7-20(25)26/h1-10H,11-15H2. The van der Waals surface area contributed by atoms with E-state index >= 15 is 0 Å². The van der Waals surface area contributed by atoms with Crippen LogP contribution in [0, 0.1) is 5.82 Å². The molecule has 0 bridgehead atoms. The zero-order valence-corrected chi connectivity index (χ0v) is 15.3. The summed E-state index contributed by atoms with van der Waals surface area (Å²) in [6.07, 6.45) is 1.67. The van der Waals surface area contributed by atoms with Crippen LogP contribution in [0.3, 0.4) is 0 Å². The minimum absolute atomic E-state index is 0.129. The summed E-state index contributed by atoms with van der Waals surface area (Å²) in [5.74, 6) is 0.342. The van der Waals surface area contributed by atoms with Crippen LogP contribution >= 0.6 is 0 Å². The molecule has 1 amide bonds. The number of carbonyl (C=O) groups is 1. The normalized spacial score (nSPS) is 14.3. The molecule has 3 aromatic rings. The summed E-state index contributed by atoms with van der Waals surface area (Å²) in [5.41, 5.74) is 0.430. The zero-order chi connectivity index (χ0) is 19.5. The van der Waals surface area contributed by atoms with Crippen molar-refractivity contribution in [2.75, 3.05) is 31.1 Å². The van der Waals surface area contributed by atoms with E-state index in [1.165, 1.54) is 16.7 Å². The molecule has 7 heteroatoms. The summed E-state index contributed by atoms with van der Waals surface area (Å²) in [7, 11) is 0. The van der Waals surface area contributed by atoms with Crippen LogP contribution in [-0.4, -0.2) is 41.6 Å². The maximum absolute atomic E-state index is 13.9. The third-order valence-corrected chi connectivity index (χ3v) is 4.86. The molecule has 2 aromatic heterocycles. The van der Waals surface area contributed by atoms with E-state index in [4.69, 9.17) is 4.42 Å². The molecule has 0 spiro atoms. The number of nitrogens with zero attached hydrogens (tertiary/aromatic N) is 3. The Morgan fingerprint density at radius 1 is 0.964 bits per heavy atom. The van der Waals surface area contributed by atoms with Crippen LogP contribution in [0.2, 0.25) is 0 Å². The Bertz CT molecular complexity index is 1030. The van der Waals surface area contributed by atoms with Gasteiger partial charge in [-0.3, -0.25) is 9.59 Å². The van der Waals surface area contributed by atoms with Crippen LogP contribution in [0.4, 0.5) is 10.1 Å². The molecule has 0 N–H and O–H groups in total. The number of amides is 1. The Labute approximate surface area is 161 Å². The number of piperazine rings is 1. The van der Waals surface area contributed by atoms with Gasteiger partial charge in [-0.15, -0.1) is 0 Å². The van der Waals surface area contributed by atoms with E-state index in [-0.39, 0.29) is 29.6 Å². The molecule has 1 aliphatic heterocycles. The van der Waals surface area contributed by atoms with Gasteiger partial charge in [0.1, 0.15) is 11.6 Å². The van der Waals surface area contributed by atoms with Crippen LogP contribution in [0.25, 0.3) is 0 Å². The summed E-state index contributed by atoms with van der Waals surface area (Å²) in [6, 6.07) is 14.9. The Balaban J connectivity index is 1.39. The van der Waals surface area contributed by atoms with Gasteiger partial charge >= 0.3 is 0 Å². The fourth-order valence-electron chi connectivity index (χ4n) is 3.35. The molecule has 1 saturated heterocycles. The van der Waals surface area contributed by atoms with E-state index in [0.717, 1.165) is 0 Å². The fourth-order valence-corrected chi connectivity index (χ4v) is 3.35. The molecule has 0 aliphatic carbocycles. The molecule has 1 aromatic carbocycles. The average molecular weight is 381 g/mol. The molecule has 1 aliphatic rings. The molecule has 0 radical (unpaired) electrons. The lowest BCUT2D eigenvalue weighted by Gasteiger charge is -2.35. The highest BCUT2D eigenvalue weighted by molar-refractivity contribution is 5.91. The first-order valence-corrected chi connectivity index (χ1v) is 9.15. The molecular weight excluding hydrogens is 361 g/mol. The van der Waals surface area contributed by atoms with Gasteiger partial charge in [0.25, 0.3) is 11.5 Å². The molecule has 144 valence electrons. The summed E-state index contributed by atoms with van der Waals surface area (Å²) < 4.78 is 21.1. The summed E-state index contributed by atoms with van der Waals surface area (Å²) in [4.78, 5) is 28.2. The van der Waals surface area contributed by atoms with Gasteiger partial charge in [0, 0.05) is 38.4 Å². The quantitative estimate of drug-likeness (QED) is 0.697. The third kappa shape index (κ3) is 3.69. The summed E-state index contributed by atoms with van der Waals surface area (Å²) >= 11 is 0. The van der Waals surface area contributed by atoms with Crippen molar-refractivity contribution in [3.63, 3.8) is 0 Å². The minimum atomic E-state index is -0.255. The topological polar surface area (TPSA) is 58.7 Å². The number of anilines is 1. The van der Waals surface area contributed by atoms with Gasteiger partial charge in [-0.1, -0.05) is 18.2 Å². The van der Waals surface area contributed by atoms with E-state index in [0.29, 0.717) is 37.6 Å². The minimum Gasteiger partial charge on any atom is -0.454 e. The van der Waals surface area contributed by atoms with E-state index in [9.17, 15) is 14.0 Å². The second-order valence-electron chi connectivity index (χ2n) is 6.66. The van der Waals surface area contributed by atoms with Crippen molar-refractivity contribution in [1.29, 1.82) is 0 Å². The van der Waals surface area contributed by atoms with E-state index in [1.54, 1.807) is 53.6 Å². The maximum Gasteiger partial charge on any atom is 0.289 e. The Kier molecular flexibility index (Phi) is 4.97. The SMILES string of the molecule is O=C(c1ccc(Cn2ccccc2=O)o1)N1CCN(c2ccccc2F)CC1. The molecule has 28 heavy (non-hydrogen) atoms. The smallest absolute Gasteiger partial charge is 0.289 e. The second kappa shape index (κ2) is 7.72. The predicted molar refractivity (Wildman–Crippen MR) is 103 cm³/mol. The summed E-state index contributed by atoms with van der Waals surface area (Å²) in [5, 5.41) is 0. The van der Waals surface area contributed by atoms with Crippen molar-refractivity contribution in [3.05, 3.63) is 88.5 Å². The molecule has 0 saturated carbocycles. The van der Waals surface area contributed by atoms with Gasteiger partial charge in [0.05, 0.1) is 12.2 Å². The van der Waals surface area contributed by atoms with E-state index in [2.05, 4.69) is 0 Å². The Morgan fingerprint density at radius 2 is 1.71 bits per heavy atom. The number of hydrogen-bond donors (Lipinski definition) is 0. The van der Waals surface area contributed by atoms with Gasteiger partial charge in [-0.05, 0) is 30.3 Å². The van der Waals surface area contributed by atoms with E-state index in [1.807, 2.05) is 4.90 Å². The molecule has 0 atom stereocenters. The van der Waals surface area contributed by atoms with Crippen LogP contribution in [-0.2, 0) is 6.54 Å². The first-order valence-electron chi connectivity index (χ1n) is 9.15. The van der Waals surface area contributed by atoms with Crippen molar-refractivity contribution in [2.45, 2.75) is 6.54 Å². The first-order chi connectivity index (χ1) is 13.6. The molecular formula is C21H20FN3O3. The van der Waals surface area contributed by atoms with Crippen molar-refractivity contribution in [2.24, 2.45) is 0 Å². The van der Waals surface area contributed by atoms with Crippen LogP contribution < -0.4 is 10.5 Å². The van der Waals surface area contributed by atoms with Crippen molar-refractivity contribution in [1.82, 2.24) is 9.47 Å². The molecule has 0 unspecified atom stereocenters. The maximum atomic E-state index is 13.9. The monoisotopic (exact) mass is 381 g/mol. The second-order valence-corrected chi connectivity index (χ2v) is 6.66. The molecule has 4 rings (SSSR count). The number of rotatable bonds is 4. The fraction of sp³-hybridized carbons (Fsp3) is 0.238. The molecule has 3 heterocycles. The van der Waals surface area contributed by atoms with Gasteiger partial charge in [-0.2, -0.15) is 0 Å². The lowest BCUT2D eigenvalue weighted by Crippen LogP contribution is -2.49. The number of carbonyl (C=O) groups excluding carboxylic acids is 1. The number of pyridine rings is 1. The highest BCUT2D eigenvalue weighted by Crippen LogP contribution is 2.21. The van der Waals surface area contributed by atoms with Crippen LogP contribution in [0.5, 0.6) is 0 Å². The number of benzene rings is 1. The highest BCUT2D eigenvalue weighted by Gasteiger charge is 2.25. The van der Waals surface area contributed by atoms with Gasteiger partial charge in [-0.25, -0.2) is 4.39 Å². The Morgan fingerprint density at radius 3 is 2.46 bits per heavy atom. The molecule has 6 nitrogen and oxygen atoms in total. The number of para-hydroxylation sites is 1. The largest absolute Gasteiger partial charge is 0.454 e. The van der Waals surface area contributed by atoms with Gasteiger partial charge < -0.3 is 18.8 Å². The third-order valence-electron chi connectivity index (χ3n) is 4.86. The zero-order valence-electron chi connectivity index (χ0n) is 15.3. The van der Waals surface area contributed by atoms with Gasteiger partial charge in [0.2, 0.25) is 0 Å². The van der Waals surface area contributed by atoms with Crippen LogP contribution in [0.15, 0.2) is 70.0 Å². The highest BCUT2D eigenvalue weighted by atomic mass is 19.1. The lowest BCUT2D eigenvalue weighted by atomic mass is 10.2. The summed E-state index contributed by atoms with van der Waals surface area (Å²) in [6.45, 7) is 2.36. The number of furan rings is 1. The number of halogens is 1. The molecule has 1 fully saturated rings. The van der Waals surface area contributed by atoms with Gasteiger partial charge in [0.15, 0.2) is 5.76 Å². The lowest BCUT2D eigenvalue weighted by molar-refractivity contribution is 0.0712. The van der Waals surface area contributed by atoms with Crippen LogP contribution in [0.1, 0.15) is 16.3 Å². The first kappa shape index (κ1) is 18.0. The Hall–Kier alpha value is -3.35.